The highest BCUT2D eigenvalue weighted by atomic mass is 16.5. The molecule has 0 unspecified atom stereocenters. The zero-order valence-electron chi connectivity index (χ0n) is 13.8. The Labute approximate surface area is 141 Å². The normalized spacial score (nSPS) is 18.2. The van der Waals surface area contributed by atoms with E-state index in [1.54, 1.807) is 31.2 Å². The molecule has 1 aliphatic rings. The van der Waals surface area contributed by atoms with E-state index in [1.807, 2.05) is 6.07 Å². The Hall–Kier alpha value is -2.21. The molecule has 1 amide bonds. The number of amides is 1. The highest BCUT2D eigenvalue weighted by molar-refractivity contribution is 5.98. The standard InChI is InChI=1S/C18H23NO5/c1-2-24-18(23)17(22)14-9-6-12-19(14)16(21)11-10-15(20)13-7-4-3-5-8-13/h3-5,7-8,14,17,22H,2,6,9-12H2,1H3/t14-,17+/m0/s1. The predicted octanol–water partition coefficient (Wildman–Crippen LogP) is 1.56. The summed E-state index contributed by atoms with van der Waals surface area (Å²) >= 11 is 0. The van der Waals surface area contributed by atoms with Gasteiger partial charge >= 0.3 is 5.97 Å². The van der Waals surface area contributed by atoms with E-state index >= 15 is 0 Å². The largest absolute Gasteiger partial charge is 0.464 e. The molecule has 2 rings (SSSR count). The Morgan fingerprint density at radius 1 is 1.25 bits per heavy atom. The van der Waals surface area contributed by atoms with E-state index in [2.05, 4.69) is 0 Å². The molecule has 2 atom stereocenters. The molecule has 6 nitrogen and oxygen atoms in total. The number of carbonyl (C=O) groups excluding carboxylic acids is 3. The van der Waals surface area contributed by atoms with Gasteiger partial charge in [-0.2, -0.15) is 0 Å². The number of esters is 1. The van der Waals surface area contributed by atoms with E-state index in [0.717, 1.165) is 6.42 Å². The van der Waals surface area contributed by atoms with Crippen molar-refractivity contribution in [3.8, 4) is 0 Å². The Bertz CT molecular complexity index is 586. The number of nitrogens with zero attached hydrogens (tertiary/aromatic N) is 1. The molecule has 0 aliphatic carbocycles. The summed E-state index contributed by atoms with van der Waals surface area (Å²) in [5.41, 5.74) is 0.579. The number of aliphatic hydroxyl groups is 1. The van der Waals surface area contributed by atoms with E-state index < -0.39 is 18.1 Å². The first-order valence-corrected chi connectivity index (χ1v) is 8.27. The second-order valence-corrected chi connectivity index (χ2v) is 5.78. The third-order valence-corrected chi connectivity index (χ3v) is 4.17. The first kappa shape index (κ1) is 18.1. The van der Waals surface area contributed by atoms with Gasteiger partial charge in [0, 0.05) is 24.9 Å². The number of hydrogen-bond acceptors (Lipinski definition) is 5. The molecule has 130 valence electrons. The van der Waals surface area contributed by atoms with Crippen LogP contribution in [0.25, 0.3) is 0 Å². The first-order chi connectivity index (χ1) is 11.5. The minimum atomic E-state index is -1.33. The molecule has 6 heteroatoms. The highest BCUT2D eigenvalue weighted by Crippen LogP contribution is 2.22. The van der Waals surface area contributed by atoms with Crippen molar-refractivity contribution in [2.45, 2.75) is 44.8 Å². The monoisotopic (exact) mass is 333 g/mol. The summed E-state index contributed by atoms with van der Waals surface area (Å²) < 4.78 is 4.82. The van der Waals surface area contributed by atoms with Gasteiger partial charge in [-0.3, -0.25) is 9.59 Å². The summed E-state index contributed by atoms with van der Waals surface area (Å²) in [7, 11) is 0. The molecule has 0 aromatic heterocycles. The second-order valence-electron chi connectivity index (χ2n) is 5.78. The number of Topliss-reactive ketones (excluding diaryl/α,β-unsaturated/α-hetero) is 1. The zero-order valence-corrected chi connectivity index (χ0v) is 13.8. The van der Waals surface area contributed by atoms with Gasteiger partial charge in [0.1, 0.15) is 0 Å². The molecule has 1 aliphatic heterocycles. The van der Waals surface area contributed by atoms with Gasteiger partial charge in [0.2, 0.25) is 5.91 Å². The van der Waals surface area contributed by atoms with E-state index in [0.29, 0.717) is 18.5 Å². The molecule has 1 aromatic carbocycles. The molecule has 1 fully saturated rings. The Morgan fingerprint density at radius 3 is 2.62 bits per heavy atom. The maximum absolute atomic E-state index is 12.4. The van der Waals surface area contributed by atoms with Crippen LogP contribution in [0.3, 0.4) is 0 Å². The predicted molar refractivity (Wildman–Crippen MR) is 87.4 cm³/mol. The van der Waals surface area contributed by atoms with Crippen molar-refractivity contribution in [1.82, 2.24) is 4.90 Å². The summed E-state index contributed by atoms with van der Waals surface area (Å²) in [5, 5.41) is 10.1. The van der Waals surface area contributed by atoms with Crippen molar-refractivity contribution >= 4 is 17.7 Å². The van der Waals surface area contributed by atoms with E-state index in [4.69, 9.17) is 4.74 Å². The number of ketones is 1. The van der Waals surface area contributed by atoms with Gasteiger partial charge in [0.25, 0.3) is 0 Å². The molecule has 1 aromatic rings. The quantitative estimate of drug-likeness (QED) is 0.605. The second kappa shape index (κ2) is 8.59. The molecule has 24 heavy (non-hydrogen) atoms. The molecule has 1 N–H and O–H groups in total. The van der Waals surface area contributed by atoms with Gasteiger partial charge < -0.3 is 14.7 Å². The summed E-state index contributed by atoms with van der Waals surface area (Å²) in [5.74, 6) is -1.02. The van der Waals surface area contributed by atoms with Gasteiger partial charge in [0.15, 0.2) is 11.9 Å². The zero-order chi connectivity index (χ0) is 17.5. The fraction of sp³-hybridized carbons (Fsp3) is 0.500. The van der Waals surface area contributed by atoms with Crippen LogP contribution in [-0.2, 0) is 14.3 Å². The summed E-state index contributed by atoms with van der Waals surface area (Å²) in [6.07, 6.45) is 0.125. The van der Waals surface area contributed by atoms with Crippen molar-refractivity contribution < 1.29 is 24.2 Å². The molecule has 1 heterocycles. The highest BCUT2D eigenvalue weighted by Gasteiger charge is 2.37. The molecular formula is C18H23NO5. The lowest BCUT2D eigenvalue weighted by atomic mass is 10.1. The fourth-order valence-electron chi connectivity index (χ4n) is 2.95. The van der Waals surface area contributed by atoms with Crippen LogP contribution in [0.1, 0.15) is 43.0 Å². The lowest BCUT2D eigenvalue weighted by molar-refractivity contribution is -0.157. The first-order valence-electron chi connectivity index (χ1n) is 8.27. The van der Waals surface area contributed by atoms with Crippen molar-refractivity contribution in [1.29, 1.82) is 0 Å². The average Bonchev–Trinajstić information content (AvgIpc) is 3.09. The lowest BCUT2D eigenvalue weighted by Gasteiger charge is -2.27. The van der Waals surface area contributed by atoms with Crippen molar-refractivity contribution in [3.05, 3.63) is 35.9 Å². The van der Waals surface area contributed by atoms with Gasteiger partial charge in [0.05, 0.1) is 12.6 Å². The van der Waals surface area contributed by atoms with Crippen LogP contribution in [0.4, 0.5) is 0 Å². The van der Waals surface area contributed by atoms with Gasteiger partial charge in [-0.05, 0) is 19.8 Å². The van der Waals surface area contributed by atoms with Crippen LogP contribution in [0.5, 0.6) is 0 Å². The molecule has 0 saturated carbocycles. The van der Waals surface area contributed by atoms with Gasteiger partial charge in [-0.1, -0.05) is 30.3 Å². The summed E-state index contributed by atoms with van der Waals surface area (Å²) in [6, 6.07) is 8.26. The number of aliphatic hydroxyl groups excluding tert-OH is 1. The Morgan fingerprint density at radius 2 is 1.96 bits per heavy atom. The minimum absolute atomic E-state index is 0.0692. The minimum Gasteiger partial charge on any atom is -0.464 e. The third-order valence-electron chi connectivity index (χ3n) is 4.17. The number of rotatable bonds is 7. The molecule has 0 radical (unpaired) electrons. The topological polar surface area (TPSA) is 83.9 Å². The summed E-state index contributed by atoms with van der Waals surface area (Å²) in [6.45, 7) is 2.33. The molecule has 1 saturated heterocycles. The van der Waals surface area contributed by atoms with Crippen LogP contribution < -0.4 is 0 Å². The number of hydrogen-bond donors (Lipinski definition) is 1. The number of ether oxygens (including phenoxy) is 1. The van der Waals surface area contributed by atoms with Crippen molar-refractivity contribution in [3.63, 3.8) is 0 Å². The fourth-order valence-corrected chi connectivity index (χ4v) is 2.95. The third kappa shape index (κ3) is 4.41. The van der Waals surface area contributed by atoms with Crippen molar-refractivity contribution in [2.24, 2.45) is 0 Å². The molecular weight excluding hydrogens is 310 g/mol. The number of likely N-dealkylation sites (tertiary alicyclic amines) is 1. The van der Waals surface area contributed by atoms with Crippen LogP contribution in [-0.4, -0.2) is 53.0 Å². The summed E-state index contributed by atoms with van der Waals surface area (Å²) in [4.78, 5) is 37.7. The van der Waals surface area contributed by atoms with Crippen LogP contribution in [0.15, 0.2) is 30.3 Å². The smallest absolute Gasteiger partial charge is 0.337 e. The van der Waals surface area contributed by atoms with E-state index in [1.165, 1.54) is 4.90 Å². The van der Waals surface area contributed by atoms with Crippen molar-refractivity contribution in [2.75, 3.05) is 13.2 Å². The average molecular weight is 333 g/mol. The van der Waals surface area contributed by atoms with E-state index in [9.17, 15) is 19.5 Å². The van der Waals surface area contributed by atoms with Gasteiger partial charge in [-0.15, -0.1) is 0 Å². The Kier molecular flexibility index (Phi) is 6.49. The SMILES string of the molecule is CCOC(=O)[C@H](O)[C@@H]1CCCN1C(=O)CCC(=O)c1ccccc1. The maximum atomic E-state index is 12.4. The molecule has 0 spiro atoms. The maximum Gasteiger partial charge on any atom is 0.337 e. The lowest BCUT2D eigenvalue weighted by Crippen LogP contribution is -2.46. The van der Waals surface area contributed by atoms with Crippen LogP contribution >= 0.6 is 0 Å². The number of benzene rings is 1. The van der Waals surface area contributed by atoms with Gasteiger partial charge in [-0.25, -0.2) is 4.79 Å². The number of carbonyl (C=O) groups is 3. The Balaban J connectivity index is 1.91. The van der Waals surface area contributed by atoms with Crippen LogP contribution in [0, 0.1) is 0 Å². The molecule has 0 bridgehead atoms. The van der Waals surface area contributed by atoms with E-state index in [-0.39, 0.29) is 31.1 Å². The van der Waals surface area contributed by atoms with Crippen LogP contribution in [0.2, 0.25) is 0 Å².